The van der Waals surface area contributed by atoms with Crippen LogP contribution in [0.4, 0.5) is 3.89 Å². The average Bonchev–Trinajstić information content (AvgIpc) is 3.17. The van der Waals surface area contributed by atoms with Crippen LogP contribution in [0.3, 0.4) is 0 Å². The molecule has 2 nitrogen and oxygen atoms in total. The molecule has 0 N–H and O–H groups in total. The molecular formula is C23H29FN2S. The Labute approximate surface area is 167 Å². The van der Waals surface area contributed by atoms with Crippen LogP contribution in [-0.2, 0) is 12.8 Å². The number of rotatable bonds is 5. The maximum Gasteiger partial charge on any atom is 0.144 e. The summed E-state index contributed by atoms with van der Waals surface area (Å²) in [5.74, 6) is 1.51. The zero-order valence-electron chi connectivity index (χ0n) is 16.9. The van der Waals surface area contributed by atoms with Crippen LogP contribution in [0.2, 0.25) is 0 Å². The van der Waals surface area contributed by atoms with E-state index in [1.165, 1.54) is 34.2 Å². The van der Waals surface area contributed by atoms with Crippen molar-refractivity contribution < 1.29 is 3.89 Å². The normalized spacial score (nSPS) is 10.6. The Hall–Kier alpha value is -2.07. The summed E-state index contributed by atoms with van der Waals surface area (Å²) in [6, 6.07) is 15.2. The minimum Gasteiger partial charge on any atom is -0.299 e. The van der Waals surface area contributed by atoms with E-state index < -0.39 is 0 Å². The summed E-state index contributed by atoms with van der Waals surface area (Å²) in [6.07, 6.45) is 7.43. The summed E-state index contributed by atoms with van der Waals surface area (Å²) in [4.78, 5) is 4.72. The van der Waals surface area contributed by atoms with Crippen molar-refractivity contribution in [3.8, 4) is 17.1 Å². The van der Waals surface area contributed by atoms with E-state index in [1.54, 1.807) is 0 Å². The van der Waals surface area contributed by atoms with Gasteiger partial charge < -0.3 is 0 Å². The van der Waals surface area contributed by atoms with Crippen molar-refractivity contribution in [3.63, 3.8) is 0 Å². The second-order valence-electron chi connectivity index (χ2n) is 6.65. The molecule has 27 heavy (non-hydrogen) atoms. The number of para-hydroxylation sites is 1. The topological polar surface area (TPSA) is 17.8 Å². The standard InChI is InChI=1S/C22H26N2.CH3FS/c1-5-17-10-9-11-18(6-2)21(17)24-15-14-23-22(24)20-13-8-7-12-19(20)16(3)4;1-3-2/h7-16H,5-6H2,1-4H3;1H3. The molecule has 2 aromatic carbocycles. The largest absolute Gasteiger partial charge is 0.299 e. The number of nitrogens with zero attached hydrogens (tertiary/aromatic N) is 2. The van der Waals surface area contributed by atoms with Gasteiger partial charge in [-0.05, 0) is 35.4 Å². The van der Waals surface area contributed by atoms with E-state index in [9.17, 15) is 3.89 Å². The molecule has 0 amide bonds. The number of aryl methyl sites for hydroxylation is 2. The van der Waals surface area contributed by atoms with Gasteiger partial charge in [0.25, 0.3) is 0 Å². The highest BCUT2D eigenvalue weighted by molar-refractivity contribution is 7.93. The Morgan fingerprint density at radius 2 is 1.59 bits per heavy atom. The van der Waals surface area contributed by atoms with Crippen LogP contribution < -0.4 is 0 Å². The van der Waals surface area contributed by atoms with Crippen LogP contribution in [0.25, 0.3) is 17.1 Å². The van der Waals surface area contributed by atoms with Gasteiger partial charge in [-0.25, -0.2) is 4.98 Å². The van der Waals surface area contributed by atoms with Crippen molar-refractivity contribution >= 4 is 12.1 Å². The van der Waals surface area contributed by atoms with Crippen LogP contribution >= 0.6 is 12.1 Å². The third kappa shape index (κ3) is 4.81. The third-order valence-electron chi connectivity index (χ3n) is 4.67. The summed E-state index contributed by atoms with van der Waals surface area (Å²) in [6.45, 7) is 8.92. The Bertz CT molecular complexity index is 833. The van der Waals surface area contributed by atoms with Crippen molar-refractivity contribution in [2.75, 3.05) is 6.26 Å². The lowest BCUT2D eigenvalue weighted by Gasteiger charge is -2.18. The summed E-state index contributed by atoms with van der Waals surface area (Å²) in [7, 11) is 0. The summed E-state index contributed by atoms with van der Waals surface area (Å²) in [5, 5.41) is 0. The molecule has 0 spiro atoms. The maximum atomic E-state index is 10.2. The average molecular weight is 385 g/mol. The molecule has 0 saturated heterocycles. The highest BCUT2D eigenvalue weighted by atomic mass is 32.2. The molecular weight excluding hydrogens is 355 g/mol. The molecule has 0 radical (unpaired) electrons. The molecule has 4 heteroatoms. The predicted molar refractivity (Wildman–Crippen MR) is 116 cm³/mol. The van der Waals surface area contributed by atoms with E-state index >= 15 is 0 Å². The molecule has 0 aliphatic rings. The molecule has 0 aliphatic carbocycles. The van der Waals surface area contributed by atoms with Crippen molar-refractivity contribution in [3.05, 3.63) is 71.5 Å². The first-order valence-electron chi connectivity index (χ1n) is 9.47. The van der Waals surface area contributed by atoms with Gasteiger partial charge in [0.15, 0.2) is 0 Å². The second-order valence-corrected chi connectivity index (χ2v) is 6.96. The number of benzene rings is 2. The van der Waals surface area contributed by atoms with E-state index in [4.69, 9.17) is 4.98 Å². The van der Waals surface area contributed by atoms with Gasteiger partial charge in [-0.1, -0.05) is 70.2 Å². The predicted octanol–water partition coefficient (Wildman–Crippen LogP) is 7.02. The summed E-state index contributed by atoms with van der Waals surface area (Å²) >= 11 is 0.250. The maximum absolute atomic E-state index is 10.2. The molecule has 0 atom stereocenters. The fraction of sp³-hybridized carbons (Fsp3) is 0.348. The van der Waals surface area contributed by atoms with Crippen LogP contribution in [-0.4, -0.2) is 15.8 Å². The summed E-state index contributed by atoms with van der Waals surface area (Å²) < 4.78 is 12.5. The highest BCUT2D eigenvalue weighted by Crippen LogP contribution is 2.31. The first-order valence-corrected chi connectivity index (χ1v) is 10.6. The van der Waals surface area contributed by atoms with E-state index in [-0.39, 0.29) is 12.1 Å². The smallest absolute Gasteiger partial charge is 0.144 e. The second kappa shape index (κ2) is 10.3. The van der Waals surface area contributed by atoms with Crippen molar-refractivity contribution in [2.45, 2.75) is 46.5 Å². The zero-order valence-corrected chi connectivity index (χ0v) is 17.7. The Morgan fingerprint density at radius 3 is 2.15 bits per heavy atom. The molecule has 1 heterocycles. The van der Waals surface area contributed by atoms with Crippen LogP contribution in [0, 0.1) is 0 Å². The van der Waals surface area contributed by atoms with E-state index in [1.807, 2.05) is 6.20 Å². The first kappa shape index (κ1) is 21.2. The van der Waals surface area contributed by atoms with Gasteiger partial charge in [0, 0.05) is 36.4 Å². The van der Waals surface area contributed by atoms with Gasteiger partial charge in [0.1, 0.15) is 5.82 Å². The fourth-order valence-electron chi connectivity index (χ4n) is 3.41. The lowest BCUT2D eigenvalue weighted by atomic mass is 9.96. The number of hydrogen-bond acceptors (Lipinski definition) is 2. The van der Waals surface area contributed by atoms with E-state index in [0.717, 1.165) is 18.7 Å². The molecule has 0 fully saturated rings. The van der Waals surface area contributed by atoms with E-state index in [2.05, 4.69) is 80.9 Å². The molecule has 0 bridgehead atoms. The lowest BCUT2D eigenvalue weighted by molar-refractivity contribution is 0.864. The van der Waals surface area contributed by atoms with Crippen molar-refractivity contribution in [1.29, 1.82) is 0 Å². The highest BCUT2D eigenvalue weighted by Gasteiger charge is 2.16. The molecule has 3 rings (SSSR count). The van der Waals surface area contributed by atoms with E-state index in [0.29, 0.717) is 5.92 Å². The SMILES string of the molecule is CCc1cccc(CC)c1-n1ccnc1-c1ccccc1C(C)C.CSF. The van der Waals surface area contributed by atoms with Gasteiger partial charge in [-0.3, -0.25) is 4.57 Å². The Kier molecular flexibility index (Phi) is 8.11. The number of hydrogen-bond donors (Lipinski definition) is 0. The lowest BCUT2D eigenvalue weighted by Crippen LogP contribution is -2.06. The number of aromatic nitrogens is 2. The van der Waals surface area contributed by atoms with Crippen molar-refractivity contribution in [2.24, 2.45) is 0 Å². The number of halogens is 1. The van der Waals surface area contributed by atoms with Crippen molar-refractivity contribution in [1.82, 2.24) is 9.55 Å². The number of imidazole rings is 1. The molecule has 1 aromatic heterocycles. The molecule has 3 aromatic rings. The first-order chi connectivity index (χ1) is 13.1. The molecule has 144 valence electrons. The van der Waals surface area contributed by atoms with Gasteiger partial charge in [0.05, 0.1) is 5.69 Å². The fourth-order valence-corrected chi connectivity index (χ4v) is 3.41. The third-order valence-corrected chi connectivity index (χ3v) is 4.67. The molecule has 0 saturated carbocycles. The molecule has 0 unspecified atom stereocenters. The van der Waals surface area contributed by atoms with Gasteiger partial charge in [-0.15, -0.1) is 0 Å². The molecule has 0 aliphatic heterocycles. The monoisotopic (exact) mass is 384 g/mol. The van der Waals surface area contributed by atoms with Gasteiger partial charge in [-0.2, -0.15) is 3.89 Å². The minimum atomic E-state index is 0.250. The van der Waals surface area contributed by atoms with Crippen LogP contribution in [0.5, 0.6) is 0 Å². The summed E-state index contributed by atoms with van der Waals surface area (Å²) in [5.41, 5.74) is 6.61. The zero-order chi connectivity index (χ0) is 19.8. The Balaban J connectivity index is 0.000000817. The van der Waals surface area contributed by atoms with Crippen LogP contribution in [0.1, 0.15) is 50.3 Å². The van der Waals surface area contributed by atoms with Gasteiger partial charge >= 0.3 is 0 Å². The minimum absolute atomic E-state index is 0.250. The Morgan fingerprint density at radius 1 is 1.00 bits per heavy atom. The van der Waals surface area contributed by atoms with Crippen LogP contribution in [0.15, 0.2) is 54.9 Å². The van der Waals surface area contributed by atoms with Gasteiger partial charge in [0.2, 0.25) is 0 Å². The quantitative estimate of drug-likeness (QED) is 0.470.